The molecule has 0 aromatic heterocycles. The number of urea groups is 1. The Morgan fingerprint density at radius 3 is 2.65 bits per heavy atom. The molecular formula is C13H18N2OS. The number of amides is 2. The summed E-state index contributed by atoms with van der Waals surface area (Å²) in [6.07, 6.45) is 5.51. The number of carbonyl (C=O) groups is 1. The van der Waals surface area contributed by atoms with E-state index >= 15 is 0 Å². The van der Waals surface area contributed by atoms with Gasteiger partial charge in [-0.05, 0) is 37.7 Å². The average Bonchev–Trinajstić information content (AvgIpc) is 2.40. The Balaban J connectivity index is 2.01. The highest BCUT2D eigenvalue weighted by Crippen LogP contribution is 2.25. The van der Waals surface area contributed by atoms with Gasteiger partial charge in [0.25, 0.3) is 0 Å². The van der Waals surface area contributed by atoms with Crippen molar-refractivity contribution in [2.45, 2.75) is 24.2 Å². The van der Waals surface area contributed by atoms with Gasteiger partial charge in [0.15, 0.2) is 0 Å². The Labute approximate surface area is 107 Å². The molecule has 1 N–H and O–H groups in total. The molecule has 92 valence electrons. The molecule has 1 aliphatic rings. The molecule has 1 fully saturated rings. The van der Waals surface area contributed by atoms with Crippen molar-refractivity contribution < 1.29 is 4.79 Å². The Morgan fingerprint density at radius 1 is 1.24 bits per heavy atom. The van der Waals surface area contributed by atoms with Crippen LogP contribution in [0.4, 0.5) is 10.5 Å². The number of hydrogen-bond donors (Lipinski definition) is 1. The highest BCUT2D eigenvalue weighted by Gasteiger charge is 2.16. The second-order valence-corrected chi connectivity index (χ2v) is 5.03. The average molecular weight is 250 g/mol. The van der Waals surface area contributed by atoms with E-state index in [1.54, 1.807) is 11.8 Å². The second kappa shape index (κ2) is 5.96. The van der Waals surface area contributed by atoms with Gasteiger partial charge in [-0.25, -0.2) is 4.79 Å². The van der Waals surface area contributed by atoms with E-state index in [1.165, 1.54) is 6.42 Å². The number of thioether (sulfide) groups is 1. The number of para-hydroxylation sites is 1. The van der Waals surface area contributed by atoms with Crippen molar-refractivity contribution in [3.05, 3.63) is 24.3 Å². The van der Waals surface area contributed by atoms with Crippen LogP contribution in [0.5, 0.6) is 0 Å². The number of rotatable bonds is 2. The zero-order valence-corrected chi connectivity index (χ0v) is 10.9. The quantitative estimate of drug-likeness (QED) is 0.816. The molecule has 2 amide bonds. The lowest BCUT2D eigenvalue weighted by Gasteiger charge is -2.27. The Hall–Kier alpha value is -1.16. The fraction of sp³-hybridized carbons (Fsp3) is 0.462. The molecule has 0 saturated carbocycles. The van der Waals surface area contributed by atoms with Gasteiger partial charge in [-0.1, -0.05) is 12.1 Å². The van der Waals surface area contributed by atoms with Crippen molar-refractivity contribution in [2.24, 2.45) is 0 Å². The summed E-state index contributed by atoms with van der Waals surface area (Å²) in [6.45, 7) is 1.76. The van der Waals surface area contributed by atoms with Gasteiger partial charge in [0.05, 0.1) is 5.69 Å². The van der Waals surface area contributed by atoms with E-state index in [2.05, 4.69) is 5.32 Å². The first-order valence-corrected chi connectivity index (χ1v) is 7.22. The number of nitrogens with zero attached hydrogens (tertiary/aromatic N) is 1. The molecule has 0 atom stereocenters. The lowest BCUT2D eigenvalue weighted by Crippen LogP contribution is -2.38. The van der Waals surface area contributed by atoms with Crippen LogP contribution >= 0.6 is 11.8 Å². The Bertz CT molecular complexity index is 389. The van der Waals surface area contributed by atoms with E-state index < -0.39 is 0 Å². The minimum absolute atomic E-state index is 0.0335. The standard InChI is InChI=1S/C13H18N2OS/c1-17-12-8-4-3-7-11(12)14-13(16)15-9-5-2-6-10-15/h3-4,7-8H,2,5-6,9-10H2,1H3,(H,14,16). The summed E-state index contributed by atoms with van der Waals surface area (Å²) in [5, 5.41) is 3.00. The summed E-state index contributed by atoms with van der Waals surface area (Å²) in [7, 11) is 0. The molecule has 0 radical (unpaired) electrons. The minimum atomic E-state index is 0.0335. The first-order chi connectivity index (χ1) is 8.31. The van der Waals surface area contributed by atoms with E-state index in [9.17, 15) is 4.79 Å². The van der Waals surface area contributed by atoms with Gasteiger partial charge >= 0.3 is 6.03 Å². The van der Waals surface area contributed by atoms with Gasteiger partial charge in [-0.2, -0.15) is 0 Å². The fourth-order valence-electron chi connectivity index (χ4n) is 2.04. The summed E-state index contributed by atoms with van der Waals surface area (Å²) in [4.78, 5) is 15.1. The van der Waals surface area contributed by atoms with E-state index in [4.69, 9.17) is 0 Å². The Morgan fingerprint density at radius 2 is 1.94 bits per heavy atom. The van der Waals surface area contributed by atoms with Crippen molar-refractivity contribution >= 4 is 23.5 Å². The smallest absolute Gasteiger partial charge is 0.321 e. The maximum atomic E-state index is 12.0. The van der Waals surface area contributed by atoms with Crippen molar-refractivity contribution in [1.29, 1.82) is 0 Å². The summed E-state index contributed by atoms with van der Waals surface area (Å²) in [6, 6.07) is 7.95. The van der Waals surface area contributed by atoms with E-state index in [-0.39, 0.29) is 6.03 Å². The van der Waals surface area contributed by atoms with Gasteiger partial charge in [0.1, 0.15) is 0 Å². The van der Waals surface area contributed by atoms with E-state index in [0.29, 0.717) is 0 Å². The molecule has 0 aliphatic carbocycles. The van der Waals surface area contributed by atoms with Crippen LogP contribution in [0.3, 0.4) is 0 Å². The SMILES string of the molecule is CSc1ccccc1NC(=O)N1CCCCC1. The maximum Gasteiger partial charge on any atom is 0.321 e. The fourth-order valence-corrected chi connectivity index (χ4v) is 2.59. The van der Waals surface area contributed by atoms with Crippen LogP contribution in [0, 0.1) is 0 Å². The van der Waals surface area contributed by atoms with Crippen LogP contribution in [-0.4, -0.2) is 30.3 Å². The van der Waals surface area contributed by atoms with Gasteiger partial charge in [-0.3, -0.25) is 0 Å². The predicted octanol–water partition coefficient (Wildman–Crippen LogP) is 3.43. The molecule has 0 bridgehead atoms. The number of benzene rings is 1. The number of hydrogen-bond acceptors (Lipinski definition) is 2. The van der Waals surface area contributed by atoms with Gasteiger partial charge in [0, 0.05) is 18.0 Å². The van der Waals surface area contributed by atoms with Crippen LogP contribution in [0.2, 0.25) is 0 Å². The molecule has 1 heterocycles. The number of carbonyl (C=O) groups excluding carboxylic acids is 1. The number of likely N-dealkylation sites (tertiary alicyclic amines) is 1. The summed E-state index contributed by atoms with van der Waals surface area (Å²) < 4.78 is 0. The molecule has 0 unspecified atom stereocenters. The minimum Gasteiger partial charge on any atom is -0.325 e. The number of anilines is 1. The van der Waals surface area contributed by atoms with Gasteiger partial charge < -0.3 is 10.2 Å². The predicted molar refractivity (Wildman–Crippen MR) is 72.7 cm³/mol. The topological polar surface area (TPSA) is 32.3 Å². The molecule has 3 nitrogen and oxygen atoms in total. The summed E-state index contributed by atoms with van der Waals surface area (Å²) >= 11 is 1.65. The van der Waals surface area contributed by atoms with Gasteiger partial charge in [-0.15, -0.1) is 11.8 Å². The molecular weight excluding hydrogens is 232 g/mol. The highest BCUT2D eigenvalue weighted by molar-refractivity contribution is 7.98. The highest BCUT2D eigenvalue weighted by atomic mass is 32.2. The molecule has 17 heavy (non-hydrogen) atoms. The monoisotopic (exact) mass is 250 g/mol. The lowest BCUT2D eigenvalue weighted by atomic mass is 10.1. The maximum absolute atomic E-state index is 12.0. The van der Waals surface area contributed by atoms with Crippen molar-refractivity contribution in [3.8, 4) is 0 Å². The van der Waals surface area contributed by atoms with Crippen LogP contribution in [0.15, 0.2) is 29.2 Å². The molecule has 0 spiro atoms. The summed E-state index contributed by atoms with van der Waals surface area (Å²) in [5.41, 5.74) is 0.913. The normalized spacial score (nSPS) is 15.7. The van der Waals surface area contributed by atoms with Crippen molar-refractivity contribution in [1.82, 2.24) is 4.90 Å². The second-order valence-electron chi connectivity index (χ2n) is 4.18. The van der Waals surface area contributed by atoms with Crippen LogP contribution in [0.25, 0.3) is 0 Å². The number of piperidine rings is 1. The third-order valence-corrected chi connectivity index (χ3v) is 3.79. The lowest BCUT2D eigenvalue weighted by molar-refractivity contribution is 0.200. The zero-order chi connectivity index (χ0) is 12.1. The molecule has 4 heteroatoms. The molecule has 1 saturated heterocycles. The third-order valence-electron chi connectivity index (χ3n) is 2.99. The summed E-state index contributed by atoms with van der Waals surface area (Å²) in [5.74, 6) is 0. The molecule has 1 aromatic rings. The van der Waals surface area contributed by atoms with Crippen LogP contribution in [0.1, 0.15) is 19.3 Å². The van der Waals surface area contributed by atoms with Crippen LogP contribution in [-0.2, 0) is 0 Å². The van der Waals surface area contributed by atoms with Gasteiger partial charge in [0.2, 0.25) is 0 Å². The zero-order valence-electron chi connectivity index (χ0n) is 10.1. The Kier molecular flexibility index (Phi) is 4.31. The molecule has 1 aliphatic heterocycles. The number of nitrogens with one attached hydrogen (secondary N) is 1. The first-order valence-electron chi connectivity index (χ1n) is 6.00. The van der Waals surface area contributed by atoms with Crippen LogP contribution < -0.4 is 5.32 Å². The molecule has 2 rings (SSSR count). The first kappa shape index (κ1) is 12.3. The van der Waals surface area contributed by atoms with E-state index in [0.717, 1.165) is 36.5 Å². The largest absolute Gasteiger partial charge is 0.325 e. The van der Waals surface area contributed by atoms with Crippen molar-refractivity contribution in [2.75, 3.05) is 24.7 Å². The van der Waals surface area contributed by atoms with E-state index in [1.807, 2.05) is 35.4 Å². The van der Waals surface area contributed by atoms with Crippen molar-refractivity contribution in [3.63, 3.8) is 0 Å². The third kappa shape index (κ3) is 3.16. The molecule has 1 aromatic carbocycles.